The smallest absolute Gasteiger partial charge is 0.0844 e. The highest BCUT2D eigenvalue weighted by molar-refractivity contribution is 9.10. The number of aliphatic hydroxyl groups is 1. The SMILES string of the molecule is C=C(CCCC)N(Cc1ccc(Br)cc1)/C(CO)=C(\C)Cl. The summed E-state index contributed by atoms with van der Waals surface area (Å²) in [6.45, 7) is 8.70. The number of rotatable bonds is 8. The Morgan fingerprint density at radius 3 is 2.43 bits per heavy atom. The standard InChI is InChI=1S/C17H23BrClNO/c1-4-5-6-13(2)20(17(12-21)14(3)19)11-15-7-9-16(18)10-8-15/h7-10,21H,2,4-6,11-12H2,1,3H3/b17-14+. The lowest BCUT2D eigenvalue weighted by Crippen LogP contribution is -2.24. The summed E-state index contributed by atoms with van der Waals surface area (Å²) >= 11 is 9.58. The molecule has 116 valence electrons. The molecule has 1 aromatic rings. The highest BCUT2D eigenvalue weighted by Gasteiger charge is 2.15. The maximum Gasteiger partial charge on any atom is 0.0844 e. The number of benzene rings is 1. The molecular weight excluding hydrogens is 350 g/mol. The van der Waals surface area contributed by atoms with Crippen LogP contribution in [0.25, 0.3) is 0 Å². The Bertz CT molecular complexity index is 492. The van der Waals surface area contributed by atoms with E-state index in [1.54, 1.807) is 6.92 Å². The van der Waals surface area contributed by atoms with Crippen molar-refractivity contribution < 1.29 is 5.11 Å². The monoisotopic (exact) mass is 371 g/mol. The van der Waals surface area contributed by atoms with Crippen LogP contribution < -0.4 is 0 Å². The van der Waals surface area contributed by atoms with Gasteiger partial charge in [0.05, 0.1) is 12.3 Å². The van der Waals surface area contributed by atoms with E-state index in [1.807, 2.05) is 17.0 Å². The molecule has 1 rings (SSSR count). The molecule has 0 unspecified atom stereocenters. The van der Waals surface area contributed by atoms with Crippen LogP contribution in [0.4, 0.5) is 0 Å². The summed E-state index contributed by atoms with van der Waals surface area (Å²) in [5.74, 6) is 0. The molecule has 0 spiro atoms. The van der Waals surface area contributed by atoms with Gasteiger partial charge in [0.1, 0.15) is 0 Å². The van der Waals surface area contributed by atoms with E-state index in [0.717, 1.165) is 40.7 Å². The van der Waals surface area contributed by atoms with Crippen molar-refractivity contribution in [3.05, 3.63) is 57.3 Å². The van der Waals surface area contributed by atoms with Crippen LogP contribution in [-0.2, 0) is 6.54 Å². The summed E-state index contributed by atoms with van der Waals surface area (Å²) in [5, 5.41) is 10.2. The Hall–Kier alpha value is -0.770. The first-order valence-corrected chi connectivity index (χ1v) is 8.32. The molecule has 0 heterocycles. The van der Waals surface area contributed by atoms with Crippen molar-refractivity contribution in [1.29, 1.82) is 0 Å². The number of unbranched alkanes of at least 4 members (excludes halogenated alkanes) is 1. The molecule has 21 heavy (non-hydrogen) atoms. The summed E-state index contributed by atoms with van der Waals surface area (Å²) in [6, 6.07) is 8.14. The van der Waals surface area contributed by atoms with Crippen molar-refractivity contribution >= 4 is 27.5 Å². The van der Waals surface area contributed by atoms with E-state index < -0.39 is 0 Å². The van der Waals surface area contributed by atoms with Gasteiger partial charge in [-0.25, -0.2) is 0 Å². The fourth-order valence-electron chi connectivity index (χ4n) is 2.07. The van der Waals surface area contributed by atoms with Crippen molar-refractivity contribution in [3.63, 3.8) is 0 Å². The Morgan fingerprint density at radius 2 is 1.95 bits per heavy atom. The van der Waals surface area contributed by atoms with Crippen molar-refractivity contribution in [2.45, 2.75) is 39.7 Å². The van der Waals surface area contributed by atoms with Crippen LogP contribution in [0.2, 0.25) is 0 Å². The number of halogens is 2. The largest absolute Gasteiger partial charge is 0.390 e. The van der Waals surface area contributed by atoms with Crippen LogP contribution in [0.3, 0.4) is 0 Å². The summed E-state index contributed by atoms with van der Waals surface area (Å²) in [4.78, 5) is 2.03. The molecule has 2 nitrogen and oxygen atoms in total. The first-order chi connectivity index (χ1) is 9.99. The molecule has 0 amide bonds. The van der Waals surface area contributed by atoms with Gasteiger partial charge in [-0.05, 0) is 37.5 Å². The molecule has 0 aliphatic heterocycles. The fraction of sp³-hybridized carbons (Fsp3) is 0.412. The number of aliphatic hydroxyl groups excluding tert-OH is 1. The summed E-state index contributed by atoms with van der Waals surface area (Å²) in [7, 11) is 0. The first-order valence-electron chi connectivity index (χ1n) is 7.15. The molecule has 0 saturated carbocycles. The first kappa shape index (κ1) is 18.3. The Morgan fingerprint density at radius 1 is 1.33 bits per heavy atom. The molecule has 0 radical (unpaired) electrons. The van der Waals surface area contributed by atoms with E-state index in [-0.39, 0.29) is 6.61 Å². The Kier molecular flexibility index (Phi) is 8.09. The third-order valence-electron chi connectivity index (χ3n) is 3.33. The second-order valence-electron chi connectivity index (χ2n) is 5.02. The third-order valence-corrected chi connectivity index (χ3v) is 4.07. The second-order valence-corrected chi connectivity index (χ2v) is 6.50. The van der Waals surface area contributed by atoms with Gasteiger partial charge in [-0.2, -0.15) is 0 Å². The maximum atomic E-state index is 9.63. The summed E-state index contributed by atoms with van der Waals surface area (Å²) in [5.41, 5.74) is 2.87. The molecule has 0 aliphatic carbocycles. The van der Waals surface area contributed by atoms with Crippen molar-refractivity contribution in [1.82, 2.24) is 4.90 Å². The lowest BCUT2D eigenvalue weighted by molar-refractivity contribution is 0.269. The predicted molar refractivity (Wildman–Crippen MR) is 94.0 cm³/mol. The number of hydrogen-bond acceptors (Lipinski definition) is 2. The summed E-state index contributed by atoms with van der Waals surface area (Å²) < 4.78 is 1.05. The minimum absolute atomic E-state index is 0.0863. The van der Waals surface area contributed by atoms with Crippen molar-refractivity contribution in [3.8, 4) is 0 Å². The molecule has 1 N–H and O–H groups in total. The Balaban J connectivity index is 2.98. The molecule has 0 atom stereocenters. The van der Waals surface area contributed by atoms with Gasteiger partial charge in [-0.3, -0.25) is 0 Å². The van der Waals surface area contributed by atoms with E-state index in [4.69, 9.17) is 11.6 Å². The van der Waals surface area contributed by atoms with E-state index in [1.165, 1.54) is 0 Å². The lowest BCUT2D eigenvalue weighted by atomic mass is 10.1. The number of nitrogens with zero attached hydrogens (tertiary/aromatic N) is 1. The topological polar surface area (TPSA) is 23.5 Å². The highest BCUT2D eigenvalue weighted by atomic mass is 79.9. The van der Waals surface area contributed by atoms with E-state index in [2.05, 4.69) is 41.6 Å². The summed E-state index contributed by atoms with van der Waals surface area (Å²) in [6.07, 6.45) is 3.10. The van der Waals surface area contributed by atoms with Crippen LogP contribution in [0.5, 0.6) is 0 Å². The third kappa shape index (κ3) is 5.85. The molecule has 0 bridgehead atoms. The van der Waals surface area contributed by atoms with Gasteiger partial charge < -0.3 is 10.0 Å². The molecule has 0 fully saturated rings. The fourth-order valence-corrected chi connectivity index (χ4v) is 2.49. The molecular formula is C17H23BrClNO. The second kappa shape index (κ2) is 9.29. The van der Waals surface area contributed by atoms with Gasteiger partial charge in [0.25, 0.3) is 0 Å². The van der Waals surface area contributed by atoms with Gasteiger partial charge in [0.15, 0.2) is 0 Å². The van der Waals surface area contributed by atoms with E-state index >= 15 is 0 Å². The zero-order valence-corrected chi connectivity index (χ0v) is 15.0. The van der Waals surface area contributed by atoms with Crippen LogP contribution in [-0.4, -0.2) is 16.6 Å². The van der Waals surface area contributed by atoms with Gasteiger partial charge in [0.2, 0.25) is 0 Å². The average Bonchev–Trinajstić information content (AvgIpc) is 2.46. The van der Waals surface area contributed by atoms with Crippen molar-refractivity contribution in [2.75, 3.05) is 6.61 Å². The van der Waals surface area contributed by atoms with Gasteiger partial charge in [-0.1, -0.05) is 59.6 Å². The van der Waals surface area contributed by atoms with Gasteiger partial charge in [-0.15, -0.1) is 0 Å². The predicted octanol–water partition coefficient (Wildman–Crippen LogP) is 5.42. The van der Waals surface area contributed by atoms with Crippen LogP contribution in [0, 0.1) is 0 Å². The zero-order chi connectivity index (χ0) is 15.8. The zero-order valence-electron chi connectivity index (χ0n) is 12.7. The molecule has 0 saturated heterocycles. The molecule has 4 heteroatoms. The van der Waals surface area contributed by atoms with Crippen LogP contribution >= 0.6 is 27.5 Å². The molecule has 1 aromatic carbocycles. The average molecular weight is 373 g/mol. The van der Waals surface area contributed by atoms with Crippen molar-refractivity contribution in [2.24, 2.45) is 0 Å². The number of allylic oxidation sites excluding steroid dienone is 2. The normalized spacial score (nSPS) is 12.0. The quantitative estimate of drug-likeness (QED) is 0.659. The number of hydrogen-bond donors (Lipinski definition) is 1. The lowest BCUT2D eigenvalue weighted by Gasteiger charge is -2.29. The Labute approximate surface area is 141 Å². The maximum absolute atomic E-state index is 9.63. The minimum atomic E-state index is -0.0863. The van der Waals surface area contributed by atoms with Crippen LogP contribution in [0.15, 0.2) is 51.7 Å². The minimum Gasteiger partial charge on any atom is -0.390 e. The van der Waals surface area contributed by atoms with E-state index in [9.17, 15) is 5.11 Å². The molecule has 0 aromatic heterocycles. The van der Waals surface area contributed by atoms with Gasteiger partial charge in [0, 0.05) is 21.7 Å². The van der Waals surface area contributed by atoms with Crippen LogP contribution in [0.1, 0.15) is 38.7 Å². The highest BCUT2D eigenvalue weighted by Crippen LogP contribution is 2.24. The van der Waals surface area contributed by atoms with Gasteiger partial charge >= 0.3 is 0 Å². The van der Waals surface area contributed by atoms with E-state index in [0.29, 0.717) is 11.6 Å². The molecule has 0 aliphatic rings.